The van der Waals surface area contributed by atoms with Crippen LogP contribution >= 0.6 is 15.6 Å². The van der Waals surface area contributed by atoms with Crippen molar-refractivity contribution in [3.63, 3.8) is 0 Å². The number of ether oxygens (including phenoxy) is 4. The lowest BCUT2D eigenvalue weighted by atomic mass is 10.1. The zero-order valence-corrected chi connectivity index (χ0v) is 63.1. The van der Waals surface area contributed by atoms with E-state index in [0.29, 0.717) is 25.7 Å². The molecule has 100 heavy (non-hydrogen) atoms. The molecule has 0 aromatic heterocycles. The largest absolute Gasteiger partial charge is 0.472 e. The van der Waals surface area contributed by atoms with Crippen LogP contribution in [0.2, 0.25) is 0 Å². The van der Waals surface area contributed by atoms with Crippen LogP contribution in [0.5, 0.6) is 0 Å². The second-order valence-corrected chi connectivity index (χ2v) is 26.7. The van der Waals surface area contributed by atoms with Gasteiger partial charge >= 0.3 is 39.5 Å². The van der Waals surface area contributed by atoms with E-state index in [1.807, 2.05) is 12.2 Å². The molecule has 19 heteroatoms. The van der Waals surface area contributed by atoms with Crippen LogP contribution in [0.15, 0.2) is 182 Å². The molecule has 0 saturated carbocycles. The summed E-state index contributed by atoms with van der Waals surface area (Å²) in [6.07, 6.45) is 85.0. The van der Waals surface area contributed by atoms with Crippen molar-refractivity contribution in [1.82, 2.24) is 0 Å². The molecule has 0 aromatic carbocycles. The molecule has 0 saturated heterocycles. The van der Waals surface area contributed by atoms with Gasteiger partial charge in [0.25, 0.3) is 0 Å². The van der Waals surface area contributed by atoms with Crippen LogP contribution < -0.4 is 0 Å². The highest BCUT2D eigenvalue weighted by Crippen LogP contribution is 2.45. The van der Waals surface area contributed by atoms with Crippen molar-refractivity contribution in [3.8, 4) is 0 Å². The van der Waals surface area contributed by atoms with Crippen LogP contribution in [-0.4, -0.2) is 96.7 Å². The van der Waals surface area contributed by atoms with Gasteiger partial charge in [-0.15, -0.1) is 0 Å². The van der Waals surface area contributed by atoms with Crippen molar-refractivity contribution in [2.75, 3.05) is 39.6 Å². The van der Waals surface area contributed by atoms with E-state index in [-0.39, 0.29) is 25.7 Å². The van der Waals surface area contributed by atoms with Crippen LogP contribution in [0.1, 0.15) is 246 Å². The Kier molecular flexibility index (Phi) is 67.4. The Bertz CT molecular complexity index is 2620. The minimum absolute atomic E-state index is 0.0595. The number of hydrogen-bond acceptors (Lipinski definition) is 15. The molecular formula is C81H128O17P2. The van der Waals surface area contributed by atoms with Gasteiger partial charge in [0, 0.05) is 19.3 Å². The number of hydrogen-bond donors (Lipinski definition) is 3. The second-order valence-electron chi connectivity index (χ2n) is 23.8. The molecule has 0 rings (SSSR count). The minimum atomic E-state index is -5.02. The molecule has 5 atom stereocenters. The SMILES string of the molecule is CC/C=C\C/C=C\C/C=C\C/C=C\C/C=C\CC(=O)OC(COC(=O)CCCCCC/C=C\C/C=C\C/C=C\C/C=C\CC)COP(=O)(O)OCC(O)COP(=O)(O)OCC(COC(=O)CCCC/C=C\C/C=C\C/C=C\C/C=C\CC)OC(=O)CCCCCCC/C=C\C/C=C\CCC. The van der Waals surface area contributed by atoms with Crippen LogP contribution in [0.3, 0.4) is 0 Å². The predicted molar refractivity (Wildman–Crippen MR) is 408 cm³/mol. The Labute approximate surface area is 603 Å². The van der Waals surface area contributed by atoms with Gasteiger partial charge in [-0.2, -0.15) is 0 Å². The van der Waals surface area contributed by atoms with Gasteiger partial charge in [0.15, 0.2) is 12.2 Å². The smallest absolute Gasteiger partial charge is 0.462 e. The summed E-state index contributed by atoms with van der Waals surface area (Å²) in [5.74, 6) is -2.44. The average molecular weight is 1440 g/mol. The Morgan fingerprint density at radius 2 is 0.560 bits per heavy atom. The Balaban J connectivity index is 5.51. The van der Waals surface area contributed by atoms with E-state index in [9.17, 15) is 43.2 Å². The highest BCUT2D eigenvalue weighted by molar-refractivity contribution is 7.47. The lowest BCUT2D eigenvalue weighted by Gasteiger charge is -2.21. The number of phosphoric ester groups is 2. The fourth-order valence-electron chi connectivity index (χ4n) is 8.84. The van der Waals surface area contributed by atoms with E-state index in [0.717, 1.165) is 167 Å². The number of rotatable bonds is 67. The summed E-state index contributed by atoms with van der Waals surface area (Å²) in [6.45, 7) is 4.21. The zero-order chi connectivity index (χ0) is 73.2. The molecule has 0 aromatic rings. The van der Waals surface area contributed by atoms with Crippen LogP contribution in [-0.2, 0) is 65.4 Å². The first-order chi connectivity index (χ1) is 48.7. The summed E-state index contributed by atoms with van der Waals surface area (Å²) in [5, 5.41) is 10.6. The summed E-state index contributed by atoms with van der Waals surface area (Å²) < 4.78 is 68.2. The number of aliphatic hydroxyl groups is 1. The van der Waals surface area contributed by atoms with Crippen molar-refractivity contribution in [2.24, 2.45) is 0 Å². The lowest BCUT2D eigenvalue weighted by Crippen LogP contribution is -2.30. The lowest BCUT2D eigenvalue weighted by molar-refractivity contribution is -0.161. The monoisotopic (exact) mass is 1430 g/mol. The van der Waals surface area contributed by atoms with E-state index in [4.69, 9.17) is 37.0 Å². The summed E-state index contributed by atoms with van der Waals surface area (Å²) in [4.78, 5) is 72.7. The Morgan fingerprint density at radius 1 is 0.300 bits per heavy atom. The Hall–Kier alpha value is -5.84. The molecule has 0 radical (unpaired) electrons. The number of carbonyl (C=O) groups excluding carboxylic acids is 4. The van der Waals surface area contributed by atoms with Gasteiger partial charge in [-0.1, -0.05) is 249 Å². The quantitative estimate of drug-likeness (QED) is 0.0169. The van der Waals surface area contributed by atoms with Gasteiger partial charge < -0.3 is 33.8 Å². The van der Waals surface area contributed by atoms with Gasteiger partial charge in [0.05, 0.1) is 32.8 Å². The summed E-state index contributed by atoms with van der Waals surface area (Å²) >= 11 is 0. The van der Waals surface area contributed by atoms with Gasteiger partial charge in [-0.05, 0) is 154 Å². The summed E-state index contributed by atoms with van der Waals surface area (Å²) in [5.41, 5.74) is 0. The maximum atomic E-state index is 13.1. The number of aliphatic hydroxyl groups excluding tert-OH is 1. The van der Waals surface area contributed by atoms with Crippen molar-refractivity contribution >= 4 is 39.5 Å². The molecule has 3 N–H and O–H groups in total. The van der Waals surface area contributed by atoms with Crippen molar-refractivity contribution in [2.45, 2.75) is 264 Å². The highest BCUT2D eigenvalue weighted by atomic mass is 31.2. The molecule has 17 nitrogen and oxygen atoms in total. The van der Waals surface area contributed by atoms with E-state index >= 15 is 0 Å². The van der Waals surface area contributed by atoms with E-state index < -0.39 is 97.5 Å². The molecule has 0 aliphatic rings. The number of unbranched alkanes of at least 4 members (excludes halogenated alkanes) is 12. The van der Waals surface area contributed by atoms with Crippen molar-refractivity contribution < 1.29 is 80.2 Å². The Morgan fingerprint density at radius 3 is 0.910 bits per heavy atom. The third-order valence-electron chi connectivity index (χ3n) is 14.4. The van der Waals surface area contributed by atoms with Crippen LogP contribution in [0, 0.1) is 0 Å². The first kappa shape index (κ1) is 94.2. The van der Waals surface area contributed by atoms with Crippen LogP contribution in [0.4, 0.5) is 0 Å². The van der Waals surface area contributed by atoms with Crippen molar-refractivity contribution in [1.29, 1.82) is 0 Å². The second kappa shape index (κ2) is 71.6. The van der Waals surface area contributed by atoms with E-state index in [1.54, 1.807) is 12.2 Å². The maximum Gasteiger partial charge on any atom is 0.472 e. The molecule has 0 fully saturated rings. The molecular weight excluding hydrogens is 1310 g/mol. The third-order valence-corrected chi connectivity index (χ3v) is 16.3. The molecule has 0 amide bonds. The topological polar surface area (TPSA) is 237 Å². The number of phosphoric acid groups is 2. The molecule has 0 bridgehead atoms. The fraction of sp³-hybridized carbons (Fsp3) is 0.580. The summed E-state index contributed by atoms with van der Waals surface area (Å²) in [7, 11) is -10.0. The van der Waals surface area contributed by atoms with E-state index in [2.05, 4.69) is 186 Å². The molecule has 0 aliphatic carbocycles. The van der Waals surface area contributed by atoms with E-state index in [1.165, 1.54) is 0 Å². The molecule has 5 unspecified atom stereocenters. The van der Waals surface area contributed by atoms with Gasteiger partial charge in [-0.3, -0.25) is 37.3 Å². The molecule has 0 aliphatic heterocycles. The zero-order valence-electron chi connectivity index (χ0n) is 61.3. The minimum Gasteiger partial charge on any atom is -0.462 e. The normalized spacial score (nSPS) is 15.0. The van der Waals surface area contributed by atoms with Crippen LogP contribution in [0.25, 0.3) is 0 Å². The molecule has 564 valence electrons. The fourth-order valence-corrected chi connectivity index (χ4v) is 10.4. The van der Waals surface area contributed by atoms with Gasteiger partial charge in [-0.25, -0.2) is 9.13 Å². The number of esters is 4. The third kappa shape index (κ3) is 70.6. The average Bonchev–Trinajstić information content (AvgIpc) is 0.932. The maximum absolute atomic E-state index is 13.1. The van der Waals surface area contributed by atoms with Gasteiger partial charge in [0.2, 0.25) is 0 Å². The first-order valence-corrected chi connectivity index (χ1v) is 40.0. The molecule has 0 heterocycles. The number of allylic oxidation sites excluding steroid dienone is 29. The highest BCUT2D eigenvalue weighted by Gasteiger charge is 2.30. The van der Waals surface area contributed by atoms with Crippen molar-refractivity contribution in [3.05, 3.63) is 182 Å². The number of carbonyl (C=O) groups is 4. The predicted octanol–water partition coefficient (Wildman–Crippen LogP) is 21.2. The standard InChI is InChI=1S/C81H128O17P2/c1-5-9-13-17-21-25-29-33-36-37-40-43-46-50-54-58-62-66-79(84)92-72-77(98-81(86)68-64-60-56-52-48-44-39-35-31-27-23-19-15-11-7-3)74-96-100(89,90)94-70-75(82)69-93-99(87,88)95-73-76(97-80(85)67-63-59-55-51-47-41-32-28-24-20-16-12-8-4)71-91-78(83)65-61-57-53-49-45-42-38-34-30-26-22-18-14-10-6-2/h9-11,13-16,20-23,25-28,32-36,38-40,43,45,48-49,52,60,64,75-77,82H,5-8,12,17-19,24,29-31,37,41-42,44,46-47,50-51,53-59,61-63,65-74H2,1-4H3,(H,87,88)(H,89,90)/b13-9-,14-10-,15-11-,20-16-,25-21-,26-22-,27-23-,32-28-,36-33-,38-34-,39-35-,43-40-,49-45-,52-48-,64-60-. The first-order valence-electron chi connectivity index (χ1n) is 37.0. The van der Waals surface area contributed by atoms with Gasteiger partial charge in [0.1, 0.15) is 19.3 Å². The summed E-state index contributed by atoms with van der Waals surface area (Å²) in [6, 6.07) is 0. The molecule has 0 spiro atoms.